The van der Waals surface area contributed by atoms with E-state index in [-0.39, 0.29) is 0 Å². The number of likely N-dealkylation sites (N-methyl/N-ethyl adjacent to an activating group) is 1. The molecule has 3 nitrogen and oxygen atoms in total. The summed E-state index contributed by atoms with van der Waals surface area (Å²) in [6.07, 6.45) is 5.77. The van der Waals surface area contributed by atoms with Crippen LogP contribution >= 0.6 is 0 Å². The molecule has 2 aliphatic rings. The molecular formula is C9H17N3. The summed E-state index contributed by atoms with van der Waals surface area (Å²) in [6, 6.07) is 1.95. The van der Waals surface area contributed by atoms with Crippen molar-refractivity contribution in [2.45, 2.75) is 37.4 Å². The lowest BCUT2D eigenvalue weighted by Crippen LogP contribution is -2.44. The van der Waals surface area contributed by atoms with Gasteiger partial charge in [0, 0.05) is 13.1 Å². The molecule has 12 heavy (non-hydrogen) atoms. The highest BCUT2D eigenvalue weighted by atomic mass is 15.2. The minimum atomic E-state index is 0.583. The number of rotatable bonds is 1. The van der Waals surface area contributed by atoms with Crippen LogP contribution in [0.3, 0.4) is 0 Å². The summed E-state index contributed by atoms with van der Waals surface area (Å²) in [5.41, 5.74) is 0. The fourth-order valence-electron chi connectivity index (χ4n) is 2.28. The molecule has 1 aliphatic carbocycles. The Bertz CT molecular complexity index is 190. The van der Waals surface area contributed by atoms with E-state index in [1.165, 1.54) is 19.3 Å². The first-order valence-electron chi connectivity index (χ1n) is 4.74. The third-order valence-electron chi connectivity index (χ3n) is 3.15. The van der Waals surface area contributed by atoms with Gasteiger partial charge in [0.05, 0.1) is 18.4 Å². The van der Waals surface area contributed by atoms with Crippen LogP contribution in [0.25, 0.3) is 0 Å². The fraction of sp³-hybridized carbons (Fsp3) is 0.889. The van der Waals surface area contributed by atoms with Gasteiger partial charge in [-0.3, -0.25) is 4.99 Å². The second-order valence-corrected chi connectivity index (χ2v) is 3.86. The Labute approximate surface area is 73.9 Å². The Hall–Kier alpha value is -0.570. The van der Waals surface area contributed by atoms with E-state index in [9.17, 15) is 0 Å². The van der Waals surface area contributed by atoms with Crippen LogP contribution in [0, 0.1) is 0 Å². The minimum absolute atomic E-state index is 0.583. The van der Waals surface area contributed by atoms with Gasteiger partial charge in [0.25, 0.3) is 0 Å². The van der Waals surface area contributed by atoms with Crippen molar-refractivity contribution in [3.63, 3.8) is 0 Å². The first-order valence-corrected chi connectivity index (χ1v) is 4.74. The molecule has 0 amide bonds. The van der Waals surface area contributed by atoms with Crippen molar-refractivity contribution in [1.29, 1.82) is 0 Å². The van der Waals surface area contributed by atoms with Crippen molar-refractivity contribution in [3.8, 4) is 0 Å². The van der Waals surface area contributed by atoms with Gasteiger partial charge >= 0.3 is 0 Å². The quantitative estimate of drug-likeness (QED) is 0.614. The lowest BCUT2D eigenvalue weighted by Gasteiger charge is -2.33. The number of aliphatic imine (C=N–C) groups is 1. The van der Waals surface area contributed by atoms with Crippen LogP contribution in [0.2, 0.25) is 0 Å². The van der Waals surface area contributed by atoms with Crippen LogP contribution in [0.1, 0.15) is 19.3 Å². The molecule has 1 heterocycles. The SMILES string of the molecule is CNC1CCC2N=CN(C)C2C1. The lowest BCUT2D eigenvalue weighted by atomic mass is 9.87. The largest absolute Gasteiger partial charge is 0.361 e. The molecular weight excluding hydrogens is 150 g/mol. The molecule has 0 radical (unpaired) electrons. The zero-order chi connectivity index (χ0) is 8.55. The summed E-state index contributed by atoms with van der Waals surface area (Å²) in [5.74, 6) is 0. The van der Waals surface area contributed by atoms with Gasteiger partial charge in [-0.05, 0) is 26.3 Å². The van der Waals surface area contributed by atoms with E-state index in [0.717, 1.165) is 0 Å². The molecule has 0 aromatic carbocycles. The molecule has 0 bridgehead atoms. The standard InChI is InChI=1S/C9H17N3/c1-10-7-3-4-8-9(5-7)12(2)6-11-8/h6-10H,3-5H2,1-2H3. The highest BCUT2D eigenvalue weighted by molar-refractivity contribution is 5.58. The Morgan fingerprint density at radius 2 is 2.33 bits per heavy atom. The van der Waals surface area contributed by atoms with Crippen LogP contribution in [0.4, 0.5) is 0 Å². The van der Waals surface area contributed by atoms with E-state index < -0.39 is 0 Å². The van der Waals surface area contributed by atoms with Crippen molar-refractivity contribution < 1.29 is 0 Å². The Morgan fingerprint density at radius 3 is 3.08 bits per heavy atom. The molecule has 2 rings (SSSR count). The first kappa shape index (κ1) is 8.05. The second kappa shape index (κ2) is 3.05. The Kier molecular flexibility index (Phi) is 2.05. The monoisotopic (exact) mass is 167 g/mol. The minimum Gasteiger partial charge on any atom is -0.361 e. The zero-order valence-electron chi connectivity index (χ0n) is 7.83. The van der Waals surface area contributed by atoms with Gasteiger partial charge in [0.1, 0.15) is 0 Å². The summed E-state index contributed by atoms with van der Waals surface area (Å²) in [5, 5.41) is 3.35. The van der Waals surface area contributed by atoms with Crippen molar-refractivity contribution in [2.75, 3.05) is 14.1 Å². The normalized spacial score (nSPS) is 40.2. The number of hydrogen-bond acceptors (Lipinski definition) is 3. The smallest absolute Gasteiger partial charge is 0.0854 e. The van der Waals surface area contributed by atoms with Crippen LogP contribution in [-0.2, 0) is 0 Å². The summed E-state index contributed by atoms with van der Waals surface area (Å²) in [4.78, 5) is 6.74. The van der Waals surface area contributed by atoms with Gasteiger partial charge < -0.3 is 10.2 Å². The number of nitrogens with zero attached hydrogens (tertiary/aromatic N) is 2. The predicted molar refractivity (Wildman–Crippen MR) is 50.5 cm³/mol. The number of hydrogen-bond donors (Lipinski definition) is 1. The van der Waals surface area contributed by atoms with E-state index in [0.29, 0.717) is 18.1 Å². The molecule has 68 valence electrons. The molecule has 0 aromatic heterocycles. The van der Waals surface area contributed by atoms with E-state index in [4.69, 9.17) is 0 Å². The fourth-order valence-corrected chi connectivity index (χ4v) is 2.28. The molecule has 1 fully saturated rings. The molecule has 3 atom stereocenters. The van der Waals surface area contributed by atoms with E-state index in [1.54, 1.807) is 0 Å². The second-order valence-electron chi connectivity index (χ2n) is 3.86. The molecule has 3 unspecified atom stereocenters. The van der Waals surface area contributed by atoms with Crippen LogP contribution < -0.4 is 5.32 Å². The third-order valence-corrected chi connectivity index (χ3v) is 3.15. The van der Waals surface area contributed by atoms with Crippen LogP contribution in [0.15, 0.2) is 4.99 Å². The van der Waals surface area contributed by atoms with Gasteiger partial charge in [-0.25, -0.2) is 0 Å². The zero-order valence-corrected chi connectivity index (χ0v) is 7.83. The summed E-state index contributed by atoms with van der Waals surface area (Å²) >= 11 is 0. The predicted octanol–water partition coefficient (Wildman–Crippen LogP) is 0.469. The molecule has 1 saturated carbocycles. The van der Waals surface area contributed by atoms with Gasteiger partial charge in [0.15, 0.2) is 0 Å². The highest BCUT2D eigenvalue weighted by Gasteiger charge is 2.34. The molecule has 1 N–H and O–H groups in total. The molecule has 0 spiro atoms. The van der Waals surface area contributed by atoms with E-state index in [1.807, 2.05) is 6.34 Å². The summed E-state index contributed by atoms with van der Waals surface area (Å²) in [7, 11) is 4.19. The number of fused-ring (bicyclic) bond motifs is 1. The summed E-state index contributed by atoms with van der Waals surface area (Å²) < 4.78 is 0. The van der Waals surface area contributed by atoms with Crippen molar-refractivity contribution >= 4 is 6.34 Å². The van der Waals surface area contributed by atoms with Crippen LogP contribution in [0.5, 0.6) is 0 Å². The molecule has 0 saturated heterocycles. The molecule has 3 heteroatoms. The van der Waals surface area contributed by atoms with Gasteiger partial charge in [-0.15, -0.1) is 0 Å². The maximum Gasteiger partial charge on any atom is 0.0854 e. The molecule has 0 aromatic rings. The number of nitrogens with one attached hydrogen (secondary N) is 1. The van der Waals surface area contributed by atoms with Gasteiger partial charge in [0.2, 0.25) is 0 Å². The average Bonchev–Trinajstić information content (AvgIpc) is 2.47. The lowest BCUT2D eigenvalue weighted by molar-refractivity contribution is 0.241. The van der Waals surface area contributed by atoms with Crippen molar-refractivity contribution in [2.24, 2.45) is 4.99 Å². The van der Waals surface area contributed by atoms with Crippen molar-refractivity contribution in [1.82, 2.24) is 10.2 Å². The maximum absolute atomic E-state index is 4.48. The van der Waals surface area contributed by atoms with E-state index in [2.05, 4.69) is 29.3 Å². The Balaban J connectivity index is 2.00. The van der Waals surface area contributed by atoms with Gasteiger partial charge in [-0.1, -0.05) is 0 Å². The third kappa shape index (κ3) is 1.22. The topological polar surface area (TPSA) is 27.6 Å². The Morgan fingerprint density at radius 1 is 1.50 bits per heavy atom. The van der Waals surface area contributed by atoms with Crippen LogP contribution in [-0.4, -0.2) is 43.5 Å². The molecule has 1 aliphatic heterocycles. The maximum atomic E-state index is 4.48. The van der Waals surface area contributed by atoms with Gasteiger partial charge in [-0.2, -0.15) is 0 Å². The highest BCUT2D eigenvalue weighted by Crippen LogP contribution is 2.27. The average molecular weight is 167 g/mol. The summed E-state index contributed by atoms with van der Waals surface area (Å²) in [6.45, 7) is 0. The van der Waals surface area contributed by atoms with E-state index >= 15 is 0 Å². The first-order chi connectivity index (χ1) is 5.81. The van der Waals surface area contributed by atoms with Crippen molar-refractivity contribution in [3.05, 3.63) is 0 Å².